The van der Waals surface area contributed by atoms with Gasteiger partial charge in [0.15, 0.2) is 0 Å². The number of nitrogens with zero attached hydrogens (tertiary/aromatic N) is 1. The zero-order chi connectivity index (χ0) is 13.3. The number of nitrogens with one attached hydrogen (secondary N) is 1. The van der Waals surface area contributed by atoms with Gasteiger partial charge in [0, 0.05) is 10.4 Å². The number of rotatable bonds is 2. The summed E-state index contributed by atoms with van der Waals surface area (Å²) in [6.07, 6.45) is 1.49. The molecule has 1 fully saturated rings. The van der Waals surface area contributed by atoms with E-state index in [4.69, 9.17) is 4.98 Å². The highest BCUT2D eigenvalue weighted by Crippen LogP contribution is 2.37. The summed E-state index contributed by atoms with van der Waals surface area (Å²) in [4.78, 5) is 5.89. The highest BCUT2D eigenvalue weighted by molar-refractivity contribution is 7.12. The Balaban J connectivity index is 1.97. The normalized spacial score (nSPS) is 18.4. The summed E-state index contributed by atoms with van der Waals surface area (Å²) >= 11 is 1.63. The first-order valence-corrected chi connectivity index (χ1v) is 7.47. The topological polar surface area (TPSA) is 45.1 Å². The third-order valence-electron chi connectivity index (χ3n) is 3.67. The monoisotopic (exact) mass is 274 g/mol. The molecule has 1 aliphatic rings. The van der Waals surface area contributed by atoms with Crippen molar-refractivity contribution in [3.05, 3.63) is 40.2 Å². The van der Waals surface area contributed by atoms with Crippen molar-refractivity contribution in [2.45, 2.75) is 25.4 Å². The molecule has 0 spiro atoms. The molecule has 3 rings (SSSR count). The van der Waals surface area contributed by atoms with Gasteiger partial charge in [-0.15, -0.1) is 11.3 Å². The minimum absolute atomic E-state index is 0.742. The van der Waals surface area contributed by atoms with Crippen molar-refractivity contribution in [1.29, 1.82) is 0 Å². The van der Waals surface area contributed by atoms with E-state index in [2.05, 4.69) is 24.4 Å². The Morgan fingerprint density at radius 1 is 1.21 bits per heavy atom. The molecule has 1 aromatic carbocycles. The average molecular weight is 274 g/mol. The van der Waals surface area contributed by atoms with Gasteiger partial charge in [-0.2, -0.15) is 0 Å². The first-order valence-electron chi connectivity index (χ1n) is 6.65. The Morgan fingerprint density at radius 2 is 1.89 bits per heavy atom. The fourth-order valence-corrected chi connectivity index (χ4v) is 3.59. The van der Waals surface area contributed by atoms with Crippen molar-refractivity contribution >= 4 is 11.3 Å². The smallest absolute Gasteiger partial charge is 0.125 e. The number of aromatic nitrogens is 1. The van der Waals surface area contributed by atoms with Crippen molar-refractivity contribution in [2.75, 3.05) is 13.1 Å². The molecular formula is C15H18N2OS. The maximum Gasteiger partial charge on any atom is 0.125 e. The van der Waals surface area contributed by atoms with Crippen LogP contribution in [0.1, 0.15) is 22.7 Å². The zero-order valence-electron chi connectivity index (χ0n) is 11.0. The third-order valence-corrected chi connectivity index (χ3v) is 4.84. The van der Waals surface area contributed by atoms with E-state index in [1.807, 2.05) is 18.2 Å². The molecule has 1 aromatic heterocycles. The number of hydrogen-bond acceptors (Lipinski definition) is 4. The van der Waals surface area contributed by atoms with Gasteiger partial charge in [0.2, 0.25) is 0 Å². The molecule has 0 saturated carbocycles. The van der Waals surface area contributed by atoms with Gasteiger partial charge < -0.3 is 10.4 Å². The molecule has 0 aliphatic carbocycles. The predicted molar refractivity (Wildman–Crippen MR) is 78.3 cm³/mol. The molecule has 4 heteroatoms. The van der Waals surface area contributed by atoms with Gasteiger partial charge >= 0.3 is 0 Å². The lowest BCUT2D eigenvalue weighted by atomic mass is 9.93. The summed E-state index contributed by atoms with van der Waals surface area (Å²) in [6, 6.07) is 10.2. The van der Waals surface area contributed by atoms with E-state index in [0.717, 1.165) is 42.2 Å². The number of benzene rings is 1. The van der Waals surface area contributed by atoms with E-state index in [0.29, 0.717) is 0 Å². The van der Waals surface area contributed by atoms with Crippen LogP contribution in [0.15, 0.2) is 30.3 Å². The second-order valence-corrected chi connectivity index (χ2v) is 6.27. The molecule has 0 unspecified atom stereocenters. The number of thiazole rings is 1. The standard InChI is InChI=1S/C15H18N2OS/c1-11-13(12-5-3-2-4-6-12)17-14(19-11)15(18)7-9-16-10-8-15/h2-6,16,18H,7-10H2,1H3. The molecule has 0 bridgehead atoms. The first-order chi connectivity index (χ1) is 9.19. The summed E-state index contributed by atoms with van der Waals surface area (Å²) < 4.78 is 0. The largest absolute Gasteiger partial charge is 0.383 e. The van der Waals surface area contributed by atoms with Crippen LogP contribution in [0.2, 0.25) is 0 Å². The Kier molecular flexibility index (Phi) is 3.39. The third kappa shape index (κ3) is 2.43. The molecule has 2 aromatic rings. The van der Waals surface area contributed by atoms with E-state index in [1.165, 1.54) is 4.88 Å². The number of piperidine rings is 1. The second-order valence-electron chi connectivity index (χ2n) is 5.07. The van der Waals surface area contributed by atoms with Crippen molar-refractivity contribution in [3.63, 3.8) is 0 Å². The molecule has 2 N–H and O–H groups in total. The summed E-state index contributed by atoms with van der Waals surface area (Å²) in [7, 11) is 0. The van der Waals surface area contributed by atoms with Gasteiger partial charge in [0.1, 0.15) is 10.6 Å². The van der Waals surface area contributed by atoms with Crippen molar-refractivity contribution in [2.24, 2.45) is 0 Å². The molecule has 1 saturated heterocycles. The maximum absolute atomic E-state index is 10.7. The van der Waals surface area contributed by atoms with Crippen molar-refractivity contribution in [3.8, 4) is 11.3 Å². The first kappa shape index (κ1) is 12.8. The van der Waals surface area contributed by atoms with Crippen LogP contribution in [0.5, 0.6) is 0 Å². The molecule has 19 heavy (non-hydrogen) atoms. The Morgan fingerprint density at radius 3 is 2.58 bits per heavy atom. The summed E-state index contributed by atoms with van der Waals surface area (Å²) in [6.45, 7) is 3.79. The molecule has 3 nitrogen and oxygen atoms in total. The second kappa shape index (κ2) is 5.04. The summed E-state index contributed by atoms with van der Waals surface area (Å²) in [5.41, 5.74) is 1.39. The highest BCUT2D eigenvalue weighted by Gasteiger charge is 2.34. The average Bonchev–Trinajstić information content (AvgIpc) is 2.84. The van der Waals surface area contributed by atoms with Crippen LogP contribution < -0.4 is 5.32 Å². The van der Waals surface area contributed by atoms with Crippen molar-refractivity contribution < 1.29 is 5.11 Å². The van der Waals surface area contributed by atoms with Crippen LogP contribution in [0.3, 0.4) is 0 Å². The molecule has 100 valence electrons. The van der Waals surface area contributed by atoms with E-state index in [1.54, 1.807) is 11.3 Å². The van der Waals surface area contributed by atoms with E-state index < -0.39 is 5.60 Å². The summed E-state index contributed by atoms with van der Waals surface area (Å²) in [5, 5.41) is 14.9. The van der Waals surface area contributed by atoms with Gasteiger partial charge in [0.05, 0.1) is 5.69 Å². The van der Waals surface area contributed by atoms with E-state index in [9.17, 15) is 5.11 Å². The fourth-order valence-electron chi connectivity index (χ4n) is 2.51. The van der Waals surface area contributed by atoms with Crippen LogP contribution >= 0.6 is 11.3 Å². The van der Waals surface area contributed by atoms with Gasteiger partial charge in [-0.05, 0) is 32.9 Å². The molecule has 1 aliphatic heterocycles. The lowest BCUT2D eigenvalue weighted by Gasteiger charge is -2.30. The quantitative estimate of drug-likeness (QED) is 0.885. The van der Waals surface area contributed by atoms with Gasteiger partial charge in [0.25, 0.3) is 0 Å². The van der Waals surface area contributed by atoms with Gasteiger partial charge in [-0.1, -0.05) is 30.3 Å². The molecule has 2 heterocycles. The van der Waals surface area contributed by atoms with Gasteiger partial charge in [-0.25, -0.2) is 4.98 Å². The summed E-state index contributed by atoms with van der Waals surface area (Å²) in [5.74, 6) is 0. The van der Waals surface area contributed by atoms with Crippen LogP contribution in [0, 0.1) is 6.92 Å². The molecule has 0 radical (unpaired) electrons. The van der Waals surface area contributed by atoms with E-state index >= 15 is 0 Å². The number of aliphatic hydroxyl groups is 1. The predicted octanol–water partition coefficient (Wildman–Crippen LogP) is 2.69. The van der Waals surface area contributed by atoms with Crippen LogP contribution in [0.25, 0.3) is 11.3 Å². The van der Waals surface area contributed by atoms with Crippen molar-refractivity contribution in [1.82, 2.24) is 10.3 Å². The Labute approximate surface area is 117 Å². The van der Waals surface area contributed by atoms with Crippen LogP contribution in [-0.2, 0) is 5.60 Å². The highest BCUT2D eigenvalue weighted by atomic mass is 32.1. The lowest BCUT2D eigenvalue weighted by Crippen LogP contribution is -2.39. The van der Waals surface area contributed by atoms with Gasteiger partial charge in [-0.3, -0.25) is 0 Å². The van der Waals surface area contributed by atoms with Crippen LogP contribution in [0.4, 0.5) is 0 Å². The molecule has 0 atom stereocenters. The lowest BCUT2D eigenvalue weighted by molar-refractivity contribution is 0.00582. The number of hydrogen-bond donors (Lipinski definition) is 2. The fraction of sp³-hybridized carbons (Fsp3) is 0.400. The van der Waals surface area contributed by atoms with E-state index in [-0.39, 0.29) is 0 Å². The number of aryl methyl sites for hydroxylation is 1. The Bertz CT molecular complexity index is 559. The molecule has 0 amide bonds. The maximum atomic E-state index is 10.7. The Hall–Kier alpha value is -1.23. The zero-order valence-corrected chi connectivity index (χ0v) is 11.8. The minimum Gasteiger partial charge on any atom is -0.383 e. The van der Waals surface area contributed by atoms with Crippen LogP contribution in [-0.4, -0.2) is 23.2 Å². The molecular weight excluding hydrogens is 256 g/mol. The SMILES string of the molecule is Cc1sc(C2(O)CCNCC2)nc1-c1ccccc1. The minimum atomic E-state index is -0.742.